The van der Waals surface area contributed by atoms with E-state index in [4.69, 9.17) is 10.7 Å². The molecule has 1 rings (SSSR count). The van der Waals surface area contributed by atoms with E-state index in [1.807, 2.05) is 13.8 Å². The summed E-state index contributed by atoms with van der Waals surface area (Å²) in [5.74, 6) is 0.395. The van der Waals surface area contributed by atoms with Crippen LogP contribution < -0.4 is 5.32 Å². The van der Waals surface area contributed by atoms with Crippen LogP contribution in [-0.4, -0.2) is 30.4 Å². The molecule has 120 valence electrons. The lowest BCUT2D eigenvalue weighted by Crippen LogP contribution is -2.32. The molecule has 1 N–H and O–H groups in total. The van der Waals surface area contributed by atoms with E-state index < -0.39 is 15.1 Å². The van der Waals surface area contributed by atoms with E-state index in [1.54, 1.807) is 11.5 Å². The Bertz CT molecular complexity index is 583. The molecule has 0 aliphatic rings. The number of amides is 1. The first kappa shape index (κ1) is 18.0. The summed E-state index contributed by atoms with van der Waals surface area (Å²) in [4.78, 5) is 16.1. The first-order chi connectivity index (χ1) is 9.81. The molecule has 0 saturated heterocycles. The van der Waals surface area contributed by atoms with Gasteiger partial charge in [-0.25, -0.2) is 13.4 Å². The fourth-order valence-electron chi connectivity index (χ4n) is 1.93. The third kappa shape index (κ3) is 5.00. The highest BCUT2D eigenvalue weighted by Crippen LogP contribution is 2.19. The predicted octanol–water partition coefficient (Wildman–Crippen LogP) is 2.24. The van der Waals surface area contributed by atoms with Crippen molar-refractivity contribution in [2.45, 2.75) is 57.5 Å². The van der Waals surface area contributed by atoms with Crippen molar-refractivity contribution >= 4 is 25.6 Å². The van der Waals surface area contributed by atoms with Crippen LogP contribution in [-0.2, 0) is 20.3 Å². The number of hydrogen-bond donors (Lipinski definition) is 1. The van der Waals surface area contributed by atoms with Gasteiger partial charge in [0.2, 0.25) is 5.91 Å². The highest BCUT2D eigenvalue weighted by atomic mass is 35.7. The number of carbonyl (C=O) groups excluding carboxylic acids is 1. The summed E-state index contributed by atoms with van der Waals surface area (Å²) in [6, 6.07) is -0.525. The second-order valence-corrected chi connectivity index (χ2v) is 7.42. The van der Waals surface area contributed by atoms with E-state index in [1.165, 1.54) is 6.20 Å². The standard InChI is InChI=1S/C13H22ClN3O3S/c1-4-6-8-15-13(18)10(3)17-9-12(21(14,19)20)16-11(17)7-5-2/h9-10H,4-8H2,1-3H3,(H,15,18). The highest BCUT2D eigenvalue weighted by molar-refractivity contribution is 8.13. The Morgan fingerprint density at radius 3 is 2.62 bits per heavy atom. The Hall–Kier alpha value is -1.08. The third-order valence-electron chi connectivity index (χ3n) is 3.14. The molecule has 0 spiro atoms. The minimum atomic E-state index is -3.89. The Labute approximate surface area is 130 Å². The normalized spacial score (nSPS) is 13.1. The minimum Gasteiger partial charge on any atom is -0.354 e. The van der Waals surface area contributed by atoms with Crippen LogP contribution in [0, 0.1) is 0 Å². The number of rotatable bonds is 8. The summed E-state index contributed by atoms with van der Waals surface area (Å²) >= 11 is 0. The number of halogens is 1. The maximum Gasteiger partial charge on any atom is 0.280 e. The Kier molecular flexibility index (Phi) is 6.67. The molecule has 0 saturated carbocycles. The molecule has 0 bridgehead atoms. The molecule has 6 nitrogen and oxygen atoms in total. The molecule has 1 amide bonds. The lowest BCUT2D eigenvalue weighted by atomic mass is 10.2. The van der Waals surface area contributed by atoms with E-state index in [0.29, 0.717) is 18.8 Å². The molecule has 0 aliphatic carbocycles. The van der Waals surface area contributed by atoms with Gasteiger partial charge >= 0.3 is 0 Å². The third-order valence-corrected chi connectivity index (χ3v) is 4.31. The summed E-state index contributed by atoms with van der Waals surface area (Å²) < 4.78 is 24.4. The average Bonchev–Trinajstić information content (AvgIpc) is 2.82. The lowest BCUT2D eigenvalue weighted by Gasteiger charge is -2.15. The summed E-state index contributed by atoms with van der Waals surface area (Å²) in [7, 11) is 1.43. The Balaban J connectivity index is 2.98. The van der Waals surface area contributed by atoms with Crippen LogP contribution in [0.4, 0.5) is 0 Å². The number of carbonyl (C=O) groups is 1. The quantitative estimate of drug-likeness (QED) is 0.583. The molecule has 21 heavy (non-hydrogen) atoms. The summed E-state index contributed by atoms with van der Waals surface area (Å²) in [5.41, 5.74) is 0. The molecule has 0 aliphatic heterocycles. The van der Waals surface area contributed by atoms with Gasteiger partial charge in [-0.1, -0.05) is 20.3 Å². The zero-order valence-corrected chi connectivity index (χ0v) is 14.2. The van der Waals surface area contributed by atoms with Crippen molar-refractivity contribution in [3.05, 3.63) is 12.0 Å². The second-order valence-electron chi connectivity index (χ2n) is 4.91. The van der Waals surface area contributed by atoms with Gasteiger partial charge in [-0.15, -0.1) is 0 Å². The zero-order chi connectivity index (χ0) is 16.0. The fraction of sp³-hybridized carbons (Fsp3) is 0.692. The Morgan fingerprint density at radius 1 is 1.43 bits per heavy atom. The maximum absolute atomic E-state index is 12.1. The Morgan fingerprint density at radius 2 is 2.10 bits per heavy atom. The van der Waals surface area contributed by atoms with Gasteiger partial charge in [0.15, 0.2) is 5.03 Å². The monoisotopic (exact) mass is 335 g/mol. The van der Waals surface area contributed by atoms with Gasteiger partial charge in [0.05, 0.1) is 0 Å². The number of hydrogen-bond acceptors (Lipinski definition) is 4. The van der Waals surface area contributed by atoms with Crippen LogP contribution in [0.25, 0.3) is 0 Å². The molecule has 1 atom stereocenters. The molecule has 8 heteroatoms. The molecule has 0 aromatic carbocycles. The molecular weight excluding hydrogens is 314 g/mol. The summed E-state index contributed by atoms with van der Waals surface area (Å²) in [6.45, 7) is 6.33. The molecular formula is C13H22ClN3O3S. The SMILES string of the molecule is CCCCNC(=O)C(C)n1cc(S(=O)(=O)Cl)nc1CCC. The van der Waals surface area contributed by atoms with Gasteiger partial charge in [-0.2, -0.15) is 0 Å². The van der Waals surface area contributed by atoms with E-state index >= 15 is 0 Å². The number of aromatic nitrogens is 2. The molecule has 0 fully saturated rings. The first-order valence-electron chi connectivity index (χ1n) is 7.11. The average molecular weight is 336 g/mol. The van der Waals surface area contributed by atoms with Crippen LogP contribution >= 0.6 is 10.7 Å². The van der Waals surface area contributed by atoms with E-state index in [2.05, 4.69) is 10.3 Å². The molecule has 1 aromatic heterocycles. The van der Waals surface area contributed by atoms with Crippen molar-refractivity contribution in [2.75, 3.05) is 6.54 Å². The molecule has 1 unspecified atom stereocenters. The van der Waals surface area contributed by atoms with Crippen molar-refractivity contribution in [2.24, 2.45) is 0 Å². The minimum absolute atomic E-state index is 0.156. The van der Waals surface area contributed by atoms with Gasteiger partial charge in [0.25, 0.3) is 9.05 Å². The topological polar surface area (TPSA) is 81.1 Å². The largest absolute Gasteiger partial charge is 0.354 e. The van der Waals surface area contributed by atoms with E-state index in [-0.39, 0.29) is 10.9 Å². The molecule has 1 aromatic rings. The molecule has 1 heterocycles. The van der Waals surface area contributed by atoms with Crippen molar-refractivity contribution in [1.29, 1.82) is 0 Å². The summed E-state index contributed by atoms with van der Waals surface area (Å²) in [6.07, 6.45) is 4.61. The zero-order valence-electron chi connectivity index (χ0n) is 12.6. The van der Waals surface area contributed by atoms with Crippen molar-refractivity contribution in [3.8, 4) is 0 Å². The number of nitrogens with zero attached hydrogens (tertiary/aromatic N) is 2. The van der Waals surface area contributed by atoms with Crippen LogP contribution in [0.1, 0.15) is 51.9 Å². The second kappa shape index (κ2) is 7.79. The van der Waals surface area contributed by atoms with Gasteiger partial charge in [-0.3, -0.25) is 4.79 Å². The van der Waals surface area contributed by atoms with Crippen molar-refractivity contribution in [3.63, 3.8) is 0 Å². The van der Waals surface area contributed by atoms with Crippen LogP contribution in [0.3, 0.4) is 0 Å². The smallest absolute Gasteiger partial charge is 0.280 e. The highest BCUT2D eigenvalue weighted by Gasteiger charge is 2.23. The van der Waals surface area contributed by atoms with Gasteiger partial charge in [0.1, 0.15) is 11.9 Å². The van der Waals surface area contributed by atoms with E-state index in [0.717, 1.165) is 19.3 Å². The summed E-state index contributed by atoms with van der Waals surface area (Å²) in [5, 5.41) is 2.62. The molecule has 0 radical (unpaired) electrons. The van der Waals surface area contributed by atoms with Crippen molar-refractivity contribution in [1.82, 2.24) is 14.9 Å². The number of unbranched alkanes of at least 4 members (excludes halogenated alkanes) is 1. The maximum atomic E-state index is 12.1. The number of imidazole rings is 1. The predicted molar refractivity (Wildman–Crippen MR) is 81.9 cm³/mol. The number of aryl methyl sites for hydroxylation is 1. The van der Waals surface area contributed by atoms with Gasteiger partial charge < -0.3 is 9.88 Å². The number of nitrogens with one attached hydrogen (secondary N) is 1. The van der Waals surface area contributed by atoms with Crippen LogP contribution in [0.2, 0.25) is 0 Å². The van der Waals surface area contributed by atoms with Crippen molar-refractivity contribution < 1.29 is 13.2 Å². The lowest BCUT2D eigenvalue weighted by molar-refractivity contribution is -0.123. The van der Waals surface area contributed by atoms with Gasteiger partial charge in [-0.05, 0) is 19.8 Å². The van der Waals surface area contributed by atoms with Crippen LogP contribution in [0.5, 0.6) is 0 Å². The van der Waals surface area contributed by atoms with E-state index in [9.17, 15) is 13.2 Å². The van der Waals surface area contributed by atoms with Gasteiger partial charge in [0, 0.05) is 29.8 Å². The van der Waals surface area contributed by atoms with Crippen LogP contribution in [0.15, 0.2) is 11.2 Å². The first-order valence-corrected chi connectivity index (χ1v) is 9.42. The fourth-order valence-corrected chi connectivity index (χ4v) is 2.61.